The van der Waals surface area contributed by atoms with Crippen LogP contribution in [-0.2, 0) is 7.05 Å². The molecule has 0 amide bonds. The Bertz CT molecular complexity index is 1050. The average Bonchev–Trinajstić information content (AvgIpc) is 3.17. The van der Waals surface area contributed by atoms with Gasteiger partial charge in [0.1, 0.15) is 5.75 Å². The molecule has 1 aliphatic heterocycles. The molecule has 148 valence electrons. The first kappa shape index (κ1) is 18.9. The van der Waals surface area contributed by atoms with Crippen molar-refractivity contribution in [1.29, 1.82) is 0 Å². The summed E-state index contributed by atoms with van der Waals surface area (Å²) < 4.78 is 2.39. The predicted octanol–water partition coefficient (Wildman–Crippen LogP) is 1.63. The molecule has 1 aliphatic rings. The highest BCUT2D eigenvalue weighted by molar-refractivity contribution is 7.17. The van der Waals surface area contributed by atoms with E-state index in [1.807, 2.05) is 17.5 Å². The number of nitrogens with one attached hydrogen (secondary N) is 1. The van der Waals surface area contributed by atoms with Crippen LogP contribution in [0.2, 0.25) is 0 Å². The Morgan fingerprint density at radius 2 is 2.18 bits per heavy atom. The van der Waals surface area contributed by atoms with Gasteiger partial charge in [0.25, 0.3) is 5.56 Å². The fraction of sp³-hybridized carbons (Fsp3) is 0.421. The number of thiophene rings is 1. The number of aromatic hydroxyl groups is 1. The van der Waals surface area contributed by atoms with Gasteiger partial charge in [0.05, 0.1) is 12.2 Å². The van der Waals surface area contributed by atoms with Gasteiger partial charge in [0, 0.05) is 36.3 Å². The number of benzene rings is 1. The summed E-state index contributed by atoms with van der Waals surface area (Å²) in [6, 6.07) is 5.55. The zero-order chi connectivity index (χ0) is 19.7. The second-order valence-electron chi connectivity index (χ2n) is 7.04. The van der Waals surface area contributed by atoms with Gasteiger partial charge >= 0.3 is 0 Å². The van der Waals surface area contributed by atoms with Gasteiger partial charge in [0.2, 0.25) is 5.95 Å². The summed E-state index contributed by atoms with van der Waals surface area (Å²) in [6.45, 7) is 2.53. The van der Waals surface area contributed by atoms with Crippen molar-refractivity contribution in [2.24, 2.45) is 7.05 Å². The van der Waals surface area contributed by atoms with Gasteiger partial charge in [-0.3, -0.25) is 14.3 Å². The molecule has 0 aliphatic carbocycles. The number of nitrogens with zero attached hydrogens (tertiary/aromatic N) is 4. The van der Waals surface area contributed by atoms with Crippen LogP contribution in [0.4, 0.5) is 5.95 Å². The maximum Gasteiger partial charge on any atom is 0.281 e. The molecule has 3 aromatic rings. The third-order valence-electron chi connectivity index (χ3n) is 5.19. The number of aliphatic hydroxyl groups is 1. The lowest BCUT2D eigenvalue weighted by atomic mass is 10.1. The van der Waals surface area contributed by atoms with Crippen LogP contribution in [0, 0.1) is 0 Å². The Morgan fingerprint density at radius 1 is 1.32 bits per heavy atom. The third-order valence-corrected chi connectivity index (χ3v) is 6.07. The minimum absolute atomic E-state index is 0.0535. The summed E-state index contributed by atoms with van der Waals surface area (Å²) in [4.78, 5) is 15.1. The molecule has 1 aromatic carbocycles. The summed E-state index contributed by atoms with van der Waals surface area (Å²) in [6.07, 6.45) is 1.99. The van der Waals surface area contributed by atoms with E-state index in [-0.39, 0.29) is 29.7 Å². The molecule has 1 saturated heterocycles. The van der Waals surface area contributed by atoms with Crippen molar-refractivity contribution in [2.45, 2.75) is 18.9 Å². The van der Waals surface area contributed by atoms with Crippen LogP contribution < -0.4 is 10.9 Å². The van der Waals surface area contributed by atoms with Crippen LogP contribution in [-0.4, -0.2) is 62.2 Å². The lowest BCUT2D eigenvalue weighted by molar-refractivity contribution is 0.166. The van der Waals surface area contributed by atoms with Crippen molar-refractivity contribution in [1.82, 2.24) is 19.7 Å². The van der Waals surface area contributed by atoms with Crippen LogP contribution >= 0.6 is 11.3 Å². The number of rotatable bonds is 5. The quantitative estimate of drug-likeness (QED) is 0.597. The fourth-order valence-electron chi connectivity index (χ4n) is 3.68. The highest BCUT2D eigenvalue weighted by Gasteiger charge is 2.22. The SMILES string of the molecule is Cn1c(N[C@@H]2CCCN(CCO)C2)nnc(-c2ccc3sccc3c2O)c1=O. The second-order valence-corrected chi connectivity index (χ2v) is 7.99. The van der Waals surface area contributed by atoms with Gasteiger partial charge in [-0.05, 0) is 43.0 Å². The first-order valence-corrected chi connectivity index (χ1v) is 10.2. The van der Waals surface area contributed by atoms with E-state index in [9.17, 15) is 9.90 Å². The minimum Gasteiger partial charge on any atom is -0.507 e. The number of aliphatic hydroxyl groups excluding tert-OH is 1. The average molecular weight is 401 g/mol. The van der Waals surface area contributed by atoms with Gasteiger partial charge in [0.15, 0.2) is 5.69 Å². The van der Waals surface area contributed by atoms with Crippen LogP contribution in [0.25, 0.3) is 21.3 Å². The van der Waals surface area contributed by atoms with E-state index in [0.717, 1.165) is 30.6 Å². The Labute approximate surface area is 166 Å². The van der Waals surface area contributed by atoms with E-state index in [2.05, 4.69) is 20.4 Å². The van der Waals surface area contributed by atoms with Gasteiger partial charge in [-0.2, -0.15) is 0 Å². The van der Waals surface area contributed by atoms with Crippen molar-refractivity contribution in [3.05, 3.63) is 33.9 Å². The van der Waals surface area contributed by atoms with E-state index in [0.29, 0.717) is 23.4 Å². The molecule has 0 saturated carbocycles. The number of β-amino-alcohol motifs (C(OH)–C–C–N with tert-alkyl or cyclic N) is 1. The number of likely N-dealkylation sites (tertiary alicyclic amines) is 1. The van der Waals surface area contributed by atoms with Crippen molar-refractivity contribution in [3.63, 3.8) is 0 Å². The van der Waals surface area contributed by atoms with Gasteiger partial charge < -0.3 is 15.5 Å². The number of piperidine rings is 1. The predicted molar refractivity (Wildman–Crippen MR) is 110 cm³/mol. The van der Waals surface area contributed by atoms with Crippen molar-refractivity contribution in [2.75, 3.05) is 31.6 Å². The zero-order valence-corrected chi connectivity index (χ0v) is 16.4. The maximum atomic E-state index is 12.9. The number of phenols is 1. The summed E-state index contributed by atoms with van der Waals surface area (Å²) in [5.41, 5.74) is 0.201. The van der Waals surface area contributed by atoms with E-state index >= 15 is 0 Å². The largest absolute Gasteiger partial charge is 0.507 e. The topological polar surface area (TPSA) is 104 Å². The molecular weight excluding hydrogens is 378 g/mol. The zero-order valence-electron chi connectivity index (χ0n) is 15.6. The Balaban J connectivity index is 1.61. The van der Waals surface area contributed by atoms with E-state index in [1.165, 1.54) is 15.9 Å². The van der Waals surface area contributed by atoms with Crippen LogP contribution in [0.3, 0.4) is 0 Å². The van der Waals surface area contributed by atoms with E-state index < -0.39 is 0 Å². The lowest BCUT2D eigenvalue weighted by Crippen LogP contribution is -2.44. The molecule has 9 heteroatoms. The molecule has 0 radical (unpaired) electrons. The van der Waals surface area contributed by atoms with E-state index in [1.54, 1.807) is 13.1 Å². The fourth-order valence-corrected chi connectivity index (χ4v) is 4.47. The van der Waals surface area contributed by atoms with Gasteiger partial charge in [-0.15, -0.1) is 21.5 Å². The smallest absolute Gasteiger partial charge is 0.281 e. The van der Waals surface area contributed by atoms with Crippen molar-refractivity contribution >= 4 is 27.4 Å². The molecule has 3 N–H and O–H groups in total. The summed E-state index contributed by atoms with van der Waals surface area (Å²) in [7, 11) is 1.65. The molecule has 3 heterocycles. The second kappa shape index (κ2) is 7.86. The Kier molecular flexibility index (Phi) is 5.29. The minimum atomic E-state index is -0.314. The number of hydrogen-bond donors (Lipinski definition) is 3. The third kappa shape index (κ3) is 3.48. The van der Waals surface area contributed by atoms with Crippen LogP contribution in [0.1, 0.15) is 12.8 Å². The lowest BCUT2D eigenvalue weighted by Gasteiger charge is -2.32. The molecule has 1 fully saturated rings. The van der Waals surface area contributed by atoms with Gasteiger partial charge in [-0.1, -0.05) is 0 Å². The maximum absolute atomic E-state index is 12.9. The molecular formula is C19H23N5O3S. The highest BCUT2D eigenvalue weighted by Crippen LogP contribution is 2.36. The first-order valence-electron chi connectivity index (χ1n) is 9.31. The van der Waals surface area contributed by atoms with Crippen LogP contribution in [0.15, 0.2) is 28.4 Å². The Hall–Kier alpha value is -2.49. The Morgan fingerprint density at radius 3 is 3.00 bits per heavy atom. The van der Waals surface area contributed by atoms with Crippen LogP contribution in [0.5, 0.6) is 5.75 Å². The number of hydrogen-bond acceptors (Lipinski definition) is 8. The van der Waals surface area contributed by atoms with Crippen molar-refractivity contribution in [3.8, 4) is 17.0 Å². The summed E-state index contributed by atoms with van der Waals surface area (Å²) in [5, 5.41) is 34.0. The standard InChI is InChI=1S/C19H23N5O3S/c1-23-18(27)16(14-4-5-15-13(17(14)26)6-10-28-15)21-22-19(23)20-12-3-2-7-24(11-12)8-9-25/h4-6,10,12,25-26H,2-3,7-9,11H2,1H3,(H,20,22)/t12-/m1/s1. The van der Waals surface area contributed by atoms with Crippen molar-refractivity contribution < 1.29 is 10.2 Å². The molecule has 2 aromatic heterocycles. The normalized spacial score (nSPS) is 17.9. The highest BCUT2D eigenvalue weighted by atomic mass is 32.1. The summed E-state index contributed by atoms with van der Waals surface area (Å²) in [5.74, 6) is 0.457. The monoisotopic (exact) mass is 401 g/mol. The number of phenolic OH excluding ortho intramolecular Hbond substituents is 1. The molecule has 1 atom stereocenters. The molecule has 28 heavy (non-hydrogen) atoms. The van der Waals surface area contributed by atoms with Gasteiger partial charge in [-0.25, -0.2) is 0 Å². The number of anilines is 1. The molecule has 4 rings (SSSR count). The molecule has 0 bridgehead atoms. The summed E-state index contributed by atoms with van der Waals surface area (Å²) >= 11 is 1.53. The molecule has 0 spiro atoms. The molecule has 0 unspecified atom stereocenters. The van der Waals surface area contributed by atoms with E-state index in [4.69, 9.17) is 5.11 Å². The first-order chi connectivity index (χ1) is 13.6. The number of aromatic nitrogens is 3. The molecule has 8 nitrogen and oxygen atoms in total. The number of fused-ring (bicyclic) bond motifs is 1.